The Morgan fingerprint density at radius 1 is 0.369 bits per heavy atom. The lowest BCUT2D eigenvalue weighted by Gasteiger charge is -2.33. The van der Waals surface area contributed by atoms with Crippen molar-refractivity contribution in [3.8, 4) is 33.4 Å². The zero-order chi connectivity index (χ0) is 45.2. The van der Waals surface area contributed by atoms with Gasteiger partial charge in [-0.15, -0.1) is 0 Å². The van der Waals surface area contributed by atoms with Gasteiger partial charge in [-0.05, 0) is 177 Å². The Kier molecular flexibility index (Phi) is 9.60. The van der Waals surface area contributed by atoms with Crippen molar-refractivity contribution >= 4 is 57.3 Å². The van der Waals surface area contributed by atoms with E-state index in [0.29, 0.717) is 0 Å². The monoisotopic (exact) mass is 884 g/mol. The molecule has 11 rings (SSSR count). The molecular formula is C61H54Cl2N2. The highest BCUT2D eigenvalue weighted by Gasteiger charge is 2.43. The molecule has 0 saturated heterocycles. The molecule has 0 fully saturated rings. The summed E-state index contributed by atoms with van der Waals surface area (Å²) in [4.78, 5) is 4.75. The second kappa shape index (κ2) is 15.0. The van der Waals surface area contributed by atoms with Crippen LogP contribution >= 0.6 is 23.2 Å². The van der Waals surface area contributed by atoms with E-state index in [0.717, 1.165) is 68.1 Å². The second-order valence-corrected chi connectivity index (χ2v) is 20.4. The van der Waals surface area contributed by atoms with E-state index in [1.54, 1.807) is 0 Å². The van der Waals surface area contributed by atoms with Crippen LogP contribution in [0.5, 0.6) is 0 Å². The van der Waals surface area contributed by atoms with Crippen molar-refractivity contribution in [1.82, 2.24) is 0 Å². The second-order valence-electron chi connectivity index (χ2n) is 19.6. The van der Waals surface area contributed by atoms with Crippen molar-refractivity contribution < 1.29 is 0 Å². The summed E-state index contributed by atoms with van der Waals surface area (Å²) in [5, 5.41) is 1.46. The molecule has 0 saturated carbocycles. The van der Waals surface area contributed by atoms with Crippen molar-refractivity contribution in [3.63, 3.8) is 0 Å². The van der Waals surface area contributed by atoms with Gasteiger partial charge in [0, 0.05) is 39.0 Å². The number of halogens is 2. The van der Waals surface area contributed by atoms with Gasteiger partial charge in [-0.3, -0.25) is 0 Å². The van der Waals surface area contributed by atoms with E-state index in [2.05, 4.69) is 223 Å². The maximum absolute atomic E-state index is 7.25. The van der Waals surface area contributed by atoms with Crippen molar-refractivity contribution in [3.05, 3.63) is 212 Å². The molecule has 0 bridgehead atoms. The smallest absolute Gasteiger partial charge is 0.0649 e. The number of hydrogen-bond acceptors (Lipinski definition) is 2. The van der Waals surface area contributed by atoms with Crippen molar-refractivity contribution in [2.45, 2.75) is 84.5 Å². The Balaban J connectivity index is 1.06. The van der Waals surface area contributed by atoms with Gasteiger partial charge < -0.3 is 9.80 Å². The summed E-state index contributed by atoms with van der Waals surface area (Å²) in [6.07, 6.45) is 1.90. The van der Waals surface area contributed by atoms with Crippen LogP contribution in [0.25, 0.3) is 33.4 Å². The van der Waals surface area contributed by atoms with Crippen molar-refractivity contribution in [1.29, 1.82) is 0 Å². The number of aryl methyl sites for hydroxylation is 2. The summed E-state index contributed by atoms with van der Waals surface area (Å²) in [5.41, 5.74) is 24.0. The highest BCUT2D eigenvalue weighted by atomic mass is 35.5. The van der Waals surface area contributed by atoms with E-state index in [-0.39, 0.29) is 16.2 Å². The molecule has 0 amide bonds. The fourth-order valence-corrected chi connectivity index (χ4v) is 12.5. The lowest BCUT2D eigenvalue weighted by Crippen LogP contribution is -2.24. The summed E-state index contributed by atoms with van der Waals surface area (Å²) in [7, 11) is 0. The minimum Gasteiger partial charge on any atom is -0.309 e. The van der Waals surface area contributed by atoms with Gasteiger partial charge in [0.2, 0.25) is 0 Å². The molecular weight excluding hydrogens is 832 g/mol. The van der Waals surface area contributed by atoms with E-state index in [1.165, 1.54) is 66.8 Å². The first-order valence-corrected chi connectivity index (χ1v) is 23.9. The molecule has 3 aliphatic carbocycles. The van der Waals surface area contributed by atoms with Gasteiger partial charge in [-0.2, -0.15) is 0 Å². The maximum atomic E-state index is 7.25. The summed E-state index contributed by atoms with van der Waals surface area (Å²) in [6.45, 7) is 18.3. The number of nitrogens with zero attached hydrogens (tertiary/aromatic N) is 2. The maximum Gasteiger partial charge on any atom is 0.0649 e. The van der Waals surface area contributed by atoms with Gasteiger partial charge >= 0.3 is 0 Å². The molecule has 0 atom stereocenters. The van der Waals surface area contributed by atoms with Crippen molar-refractivity contribution in [2.24, 2.45) is 0 Å². The third-order valence-corrected chi connectivity index (χ3v) is 16.0. The van der Waals surface area contributed by atoms with E-state index in [4.69, 9.17) is 23.2 Å². The van der Waals surface area contributed by atoms with Crippen LogP contribution < -0.4 is 9.80 Å². The Morgan fingerprint density at radius 2 is 0.692 bits per heavy atom. The Bertz CT molecular complexity index is 3050. The number of anilines is 6. The average molecular weight is 886 g/mol. The highest BCUT2D eigenvalue weighted by molar-refractivity contribution is 6.34. The van der Waals surface area contributed by atoms with Crippen LogP contribution in [0.3, 0.4) is 0 Å². The topological polar surface area (TPSA) is 6.48 Å². The predicted molar refractivity (Wildman–Crippen MR) is 277 cm³/mol. The van der Waals surface area contributed by atoms with Gasteiger partial charge in [-0.1, -0.05) is 150 Å². The van der Waals surface area contributed by atoms with E-state index in [9.17, 15) is 0 Å². The standard InChI is InChI=1S/C61H54Cl2N2/c1-9-61(10-2)53-35-41(64(57-29-19-37(3)31-55(57)62)39-21-25-45-43-15-11-13-17-49(43)59(5,6)51(45)33-39)23-27-47(53)48-28-24-42(36-54(48)61)65(58-30-20-38(4)32-56(58)63)40-22-26-46-44-16-12-14-18-50(44)60(7,8)52(46)34-40/h11-36H,9-10H2,1-8H3. The molecule has 2 nitrogen and oxygen atoms in total. The Morgan fingerprint density at radius 3 is 1.05 bits per heavy atom. The molecule has 65 heavy (non-hydrogen) atoms. The average Bonchev–Trinajstić information content (AvgIpc) is 3.81. The van der Waals surface area contributed by atoms with E-state index in [1.807, 2.05) is 0 Å². The largest absolute Gasteiger partial charge is 0.309 e. The first kappa shape index (κ1) is 41.6. The first-order chi connectivity index (χ1) is 31.3. The molecule has 3 aliphatic rings. The molecule has 0 spiro atoms. The molecule has 8 aromatic carbocycles. The molecule has 8 aromatic rings. The number of hydrogen-bond donors (Lipinski definition) is 0. The van der Waals surface area contributed by atoms with Gasteiger partial charge in [-0.25, -0.2) is 0 Å². The zero-order valence-electron chi connectivity index (χ0n) is 38.6. The summed E-state index contributed by atoms with van der Waals surface area (Å²) < 4.78 is 0. The summed E-state index contributed by atoms with van der Waals surface area (Å²) in [5.74, 6) is 0. The molecule has 0 unspecified atom stereocenters. The van der Waals surface area contributed by atoms with E-state index < -0.39 is 0 Å². The Hall–Kier alpha value is -6.06. The summed E-state index contributed by atoms with van der Waals surface area (Å²) in [6, 6.07) is 58.7. The van der Waals surface area contributed by atoms with Crippen LogP contribution in [-0.2, 0) is 16.2 Å². The van der Waals surface area contributed by atoms with Gasteiger partial charge in [0.15, 0.2) is 0 Å². The SMILES string of the molecule is CCC1(CC)c2cc(N(c3ccc4c(c3)C(C)(C)c3ccccc3-4)c3ccc(C)cc3Cl)ccc2-c2ccc(N(c3ccc4c(c3)C(C)(C)c3ccccc3-4)c3ccc(C)cc3Cl)cc21. The van der Waals surface area contributed by atoms with Gasteiger partial charge in [0.1, 0.15) is 0 Å². The lowest BCUT2D eigenvalue weighted by molar-refractivity contribution is 0.490. The molecule has 0 radical (unpaired) electrons. The van der Waals surface area contributed by atoms with Crippen LogP contribution in [-0.4, -0.2) is 0 Å². The number of fused-ring (bicyclic) bond motifs is 9. The third-order valence-electron chi connectivity index (χ3n) is 15.4. The van der Waals surface area contributed by atoms with Crippen LogP contribution in [0.4, 0.5) is 34.1 Å². The van der Waals surface area contributed by atoms with Gasteiger partial charge in [0.25, 0.3) is 0 Å². The number of rotatable bonds is 8. The molecule has 0 aromatic heterocycles. The minimum absolute atomic E-state index is 0.140. The van der Waals surface area contributed by atoms with Gasteiger partial charge in [0.05, 0.1) is 21.4 Å². The fraction of sp³-hybridized carbons (Fsp3) is 0.213. The third kappa shape index (κ3) is 6.13. The Labute approximate surface area is 395 Å². The van der Waals surface area contributed by atoms with Crippen LogP contribution in [0, 0.1) is 13.8 Å². The quantitative estimate of drug-likeness (QED) is 0.150. The molecule has 0 N–H and O–H groups in total. The fourth-order valence-electron chi connectivity index (χ4n) is 11.9. The first-order valence-electron chi connectivity index (χ1n) is 23.2. The molecule has 0 aliphatic heterocycles. The minimum atomic E-state index is -0.231. The number of benzene rings is 8. The van der Waals surface area contributed by atoms with Crippen LogP contribution in [0.2, 0.25) is 10.0 Å². The molecule has 322 valence electrons. The van der Waals surface area contributed by atoms with E-state index >= 15 is 0 Å². The van der Waals surface area contributed by atoms with Crippen molar-refractivity contribution in [2.75, 3.05) is 9.80 Å². The summed E-state index contributed by atoms with van der Waals surface area (Å²) >= 11 is 14.5. The zero-order valence-corrected chi connectivity index (χ0v) is 40.1. The van der Waals surface area contributed by atoms with Crippen LogP contribution in [0.15, 0.2) is 158 Å². The predicted octanol–water partition coefficient (Wildman–Crippen LogP) is 18.2. The lowest BCUT2D eigenvalue weighted by atomic mass is 9.73. The normalized spacial score (nSPS) is 15.1. The highest BCUT2D eigenvalue weighted by Crippen LogP contribution is 2.58. The molecule has 4 heteroatoms. The van der Waals surface area contributed by atoms with Crippen LogP contribution in [0.1, 0.15) is 98.9 Å². The molecule has 0 heterocycles.